The van der Waals surface area contributed by atoms with Crippen molar-refractivity contribution in [1.82, 2.24) is 5.32 Å². The van der Waals surface area contributed by atoms with Crippen LogP contribution in [0.15, 0.2) is 76.5 Å². The Balaban J connectivity index is 1.67. The zero-order valence-electron chi connectivity index (χ0n) is 17.2. The van der Waals surface area contributed by atoms with E-state index in [-0.39, 0.29) is 17.4 Å². The van der Waals surface area contributed by atoms with E-state index in [1.807, 2.05) is 24.3 Å². The Labute approximate surface area is 189 Å². The van der Waals surface area contributed by atoms with Crippen LogP contribution in [0, 0.1) is 11.3 Å². The van der Waals surface area contributed by atoms with E-state index >= 15 is 0 Å². The van der Waals surface area contributed by atoms with Crippen molar-refractivity contribution in [2.24, 2.45) is 0 Å². The number of benzene rings is 3. The molecule has 0 bridgehead atoms. The number of hydrogen-bond acceptors (Lipinski definition) is 5. The molecule has 0 saturated heterocycles. The number of ether oxygens (including phenoxy) is 2. The molecule has 0 saturated carbocycles. The number of alkyl halides is 2. The number of rotatable bonds is 9. The molecular formula is C24H20F2N2O3S. The second-order valence-corrected chi connectivity index (χ2v) is 7.66. The molecule has 0 radical (unpaired) electrons. The van der Waals surface area contributed by atoms with Gasteiger partial charge in [-0.15, -0.1) is 0 Å². The summed E-state index contributed by atoms with van der Waals surface area (Å²) in [5.41, 5.74) is 1.74. The molecule has 1 amide bonds. The number of carbonyl (C=O) groups excluding carboxylic acids is 1. The largest absolute Gasteiger partial charge is 0.493 e. The van der Waals surface area contributed by atoms with Gasteiger partial charge in [-0.25, -0.2) is 0 Å². The number of hydrogen-bond donors (Lipinski definition) is 1. The van der Waals surface area contributed by atoms with Crippen LogP contribution in [0.2, 0.25) is 0 Å². The summed E-state index contributed by atoms with van der Waals surface area (Å²) < 4.78 is 34.7. The van der Waals surface area contributed by atoms with E-state index < -0.39 is 6.61 Å². The van der Waals surface area contributed by atoms with Gasteiger partial charge in [-0.2, -0.15) is 14.0 Å². The van der Waals surface area contributed by atoms with Crippen LogP contribution in [-0.4, -0.2) is 26.2 Å². The minimum atomic E-state index is -2.96. The third-order valence-corrected chi connectivity index (χ3v) is 5.65. The number of nitrogens with one attached hydrogen (secondary N) is 1. The van der Waals surface area contributed by atoms with Gasteiger partial charge in [0.25, 0.3) is 5.91 Å². The van der Waals surface area contributed by atoms with E-state index in [0.717, 1.165) is 9.79 Å². The molecule has 0 aromatic heterocycles. The van der Waals surface area contributed by atoms with Gasteiger partial charge >= 0.3 is 6.61 Å². The normalized spacial score (nSPS) is 10.5. The maximum Gasteiger partial charge on any atom is 0.387 e. The second kappa shape index (κ2) is 11.2. The van der Waals surface area contributed by atoms with Gasteiger partial charge in [-0.1, -0.05) is 42.1 Å². The zero-order chi connectivity index (χ0) is 22.9. The van der Waals surface area contributed by atoms with Crippen LogP contribution in [0.3, 0.4) is 0 Å². The van der Waals surface area contributed by atoms with Crippen molar-refractivity contribution in [2.75, 3.05) is 13.7 Å². The quantitative estimate of drug-likeness (QED) is 0.476. The molecule has 0 spiro atoms. The van der Waals surface area contributed by atoms with Crippen LogP contribution in [-0.2, 0) is 6.42 Å². The van der Waals surface area contributed by atoms with Crippen molar-refractivity contribution >= 4 is 17.7 Å². The summed E-state index contributed by atoms with van der Waals surface area (Å²) in [5.74, 6) is -0.106. The first-order valence-electron chi connectivity index (χ1n) is 9.67. The molecule has 8 heteroatoms. The molecule has 0 unspecified atom stereocenters. The molecule has 0 atom stereocenters. The molecule has 0 fully saturated rings. The lowest BCUT2D eigenvalue weighted by atomic mass is 10.1. The maximum atomic E-state index is 12.8. The van der Waals surface area contributed by atoms with E-state index in [1.54, 1.807) is 36.4 Å². The number of carbonyl (C=O) groups is 1. The fourth-order valence-corrected chi connectivity index (χ4v) is 4.01. The predicted molar refractivity (Wildman–Crippen MR) is 117 cm³/mol. The van der Waals surface area contributed by atoms with Gasteiger partial charge in [0.1, 0.15) is 6.07 Å². The molecule has 0 heterocycles. The Bertz CT molecular complexity index is 1130. The molecule has 32 heavy (non-hydrogen) atoms. The molecule has 0 aliphatic rings. The summed E-state index contributed by atoms with van der Waals surface area (Å²) in [6, 6.07) is 21.2. The van der Waals surface area contributed by atoms with Crippen molar-refractivity contribution in [3.8, 4) is 17.6 Å². The standard InChI is InChI=1S/C24H20F2N2O3S/c1-30-19-11-10-16(14-20(19)31-24(25)26)12-13-28-23(29)18-7-3-5-9-22(18)32-21-8-4-2-6-17(21)15-27/h2-11,14,24H,12-13H2,1H3,(H,28,29). The summed E-state index contributed by atoms with van der Waals surface area (Å²) in [6.45, 7) is -2.66. The Morgan fingerprint density at radius 1 is 1.06 bits per heavy atom. The highest BCUT2D eigenvalue weighted by atomic mass is 32.2. The van der Waals surface area contributed by atoms with E-state index in [2.05, 4.69) is 16.1 Å². The summed E-state index contributed by atoms with van der Waals surface area (Å²) in [6.07, 6.45) is 0.419. The van der Waals surface area contributed by atoms with E-state index in [9.17, 15) is 18.8 Å². The fourth-order valence-electron chi connectivity index (χ4n) is 2.99. The van der Waals surface area contributed by atoms with Crippen LogP contribution >= 0.6 is 11.8 Å². The van der Waals surface area contributed by atoms with Crippen LogP contribution in [0.5, 0.6) is 11.5 Å². The molecule has 0 aliphatic carbocycles. The molecule has 1 N–H and O–H groups in total. The lowest BCUT2D eigenvalue weighted by Gasteiger charge is -2.13. The van der Waals surface area contributed by atoms with Crippen LogP contribution in [0.4, 0.5) is 8.78 Å². The van der Waals surface area contributed by atoms with Gasteiger partial charge in [0.05, 0.1) is 18.2 Å². The highest BCUT2D eigenvalue weighted by molar-refractivity contribution is 7.99. The van der Waals surface area contributed by atoms with Gasteiger partial charge in [0, 0.05) is 16.3 Å². The summed E-state index contributed by atoms with van der Waals surface area (Å²) in [4.78, 5) is 14.3. The zero-order valence-corrected chi connectivity index (χ0v) is 18.0. The highest BCUT2D eigenvalue weighted by Crippen LogP contribution is 2.33. The van der Waals surface area contributed by atoms with Crippen LogP contribution in [0.25, 0.3) is 0 Å². The third kappa shape index (κ3) is 5.99. The first-order chi connectivity index (χ1) is 15.5. The first-order valence-corrected chi connectivity index (χ1v) is 10.5. The van der Waals surface area contributed by atoms with Crippen molar-refractivity contribution in [3.63, 3.8) is 0 Å². The number of nitrogens with zero attached hydrogens (tertiary/aromatic N) is 1. The minimum absolute atomic E-state index is 0.0516. The smallest absolute Gasteiger partial charge is 0.387 e. The van der Waals surface area contributed by atoms with Gasteiger partial charge in [0.15, 0.2) is 11.5 Å². The summed E-state index contributed by atoms with van der Waals surface area (Å²) >= 11 is 1.35. The lowest BCUT2D eigenvalue weighted by Crippen LogP contribution is -2.26. The Hall–Kier alpha value is -3.57. The summed E-state index contributed by atoms with van der Waals surface area (Å²) in [5, 5.41) is 12.2. The number of amides is 1. The number of methoxy groups -OCH3 is 1. The molecule has 164 valence electrons. The molecule has 3 aromatic carbocycles. The first kappa shape index (κ1) is 23.1. The minimum Gasteiger partial charge on any atom is -0.493 e. The van der Waals surface area contributed by atoms with Crippen molar-refractivity contribution < 1.29 is 23.0 Å². The monoisotopic (exact) mass is 454 g/mol. The van der Waals surface area contributed by atoms with Crippen molar-refractivity contribution in [2.45, 2.75) is 22.8 Å². The highest BCUT2D eigenvalue weighted by Gasteiger charge is 2.14. The van der Waals surface area contributed by atoms with Crippen LogP contribution < -0.4 is 14.8 Å². The SMILES string of the molecule is COc1ccc(CCNC(=O)c2ccccc2Sc2ccccc2C#N)cc1OC(F)F. The topological polar surface area (TPSA) is 71.3 Å². The predicted octanol–water partition coefficient (Wildman–Crippen LogP) is 5.29. The fraction of sp³-hybridized carbons (Fsp3) is 0.167. The van der Waals surface area contributed by atoms with Crippen molar-refractivity contribution in [3.05, 3.63) is 83.4 Å². The Morgan fingerprint density at radius 3 is 2.50 bits per heavy atom. The summed E-state index contributed by atoms with van der Waals surface area (Å²) in [7, 11) is 1.37. The molecule has 3 aromatic rings. The van der Waals surface area contributed by atoms with Gasteiger partial charge < -0.3 is 14.8 Å². The maximum absolute atomic E-state index is 12.8. The molecular weight excluding hydrogens is 434 g/mol. The van der Waals surface area contributed by atoms with E-state index in [1.165, 1.54) is 24.9 Å². The lowest BCUT2D eigenvalue weighted by molar-refractivity contribution is -0.0512. The van der Waals surface area contributed by atoms with Gasteiger partial charge in [0.2, 0.25) is 0 Å². The van der Waals surface area contributed by atoms with E-state index in [0.29, 0.717) is 29.7 Å². The van der Waals surface area contributed by atoms with Crippen molar-refractivity contribution in [1.29, 1.82) is 5.26 Å². The second-order valence-electron chi connectivity index (χ2n) is 6.58. The Kier molecular flexibility index (Phi) is 8.06. The molecule has 3 rings (SSSR count). The number of halogens is 2. The van der Waals surface area contributed by atoms with Crippen LogP contribution in [0.1, 0.15) is 21.5 Å². The third-order valence-electron chi connectivity index (χ3n) is 4.50. The number of nitriles is 1. The Morgan fingerprint density at radius 2 is 1.78 bits per heavy atom. The van der Waals surface area contributed by atoms with Gasteiger partial charge in [-0.05, 0) is 48.4 Å². The average molecular weight is 454 g/mol. The molecule has 5 nitrogen and oxygen atoms in total. The van der Waals surface area contributed by atoms with E-state index in [4.69, 9.17) is 4.74 Å². The average Bonchev–Trinajstić information content (AvgIpc) is 2.79. The van der Waals surface area contributed by atoms with Gasteiger partial charge in [-0.3, -0.25) is 4.79 Å². The molecule has 0 aliphatic heterocycles.